The fraction of sp³-hybridized carbons (Fsp3) is 0.538. The molecule has 1 fully saturated rings. The van der Waals surface area contributed by atoms with Gasteiger partial charge in [0.05, 0.1) is 5.69 Å². The molecular formula is C13H20N2O2S2. The third-order valence-electron chi connectivity index (χ3n) is 3.23. The molecule has 106 valence electrons. The Morgan fingerprint density at radius 2 is 1.84 bits per heavy atom. The summed E-state index contributed by atoms with van der Waals surface area (Å²) in [7, 11) is -0.275. The number of sulfonamides is 1. The van der Waals surface area contributed by atoms with E-state index in [1.165, 1.54) is 4.31 Å². The Hall–Kier alpha value is -0.720. The first-order chi connectivity index (χ1) is 9.01. The third kappa shape index (κ3) is 3.43. The Balaban J connectivity index is 2.26. The van der Waals surface area contributed by atoms with Gasteiger partial charge in [0.1, 0.15) is 4.90 Å². The van der Waals surface area contributed by atoms with Crippen molar-refractivity contribution < 1.29 is 8.42 Å². The van der Waals surface area contributed by atoms with Gasteiger partial charge in [0, 0.05) is 20.1 Å². The van der Waals surface area contributed by atoms with Crippen molar-refractivity contribution in [1.29, 1.82) is 0 Å². The molecule has 0 unspecified atom stereocenters. The van der Waals surface area contributed by atoms with Gasteiger partial charge in [0.25, 0.3) is 0 Å². The summed E-state index contributed by atoms with van der Waals surface area (Å²) in [5.74, 6) is 2.28. The molecule has 0 atom stereocenters. The van der Waals surface area contributed by atoms with Gasteiger partial charge in [-0.3, -0.25) is 0 Å². The predicted octanol–water partition coefficient (Wildman–Crippen LogP) is 2.24. The topological polar surface area (TPSA) is 49.4 Å². The number of hydrogen-bond acceptors (Lipinski definition) is 4. The monoisotopic (exact) mass is 300 g/mol. The van der Waals surface area contributed by atoms with Crippen molar-refractivity contribution in [1.82, 2.24) is 4.31 Å². The predicted molar refractivity (Wildman–Crippen MR) is 81.3 cm³/mol. The lowest BCUT2D eigenvalue weighted by molar-refractivity contribution is 0.520. The van der Waals surface area contributed by atoms with E-state index in [1.54, 1.807) is 26.2 Å². The molecule has 0 aromatic heterocycles. The molecule has 1 aromatic rings. The van der Waals surface area contributed by atoms with Crippen LogP contribution in [0.1, 0.15) is 12.8 Å². The van der Waals surface area contributed by atoms with Crippen LogP contribution in [0.3, 0.4) is 0 Å². The average molecular weight is 300 g/mol. The number of para-hydroxylation sites is 1. The van der Waals surface area contributed by atoms with Crippen molar-refractivity contribution in [3.8, 4) is 0 Å². The number of nitrogens with zero attached hydrogens (tertiary/aromatic N) is 1. The first-order valence-electron chi connectivity index (χ1n) is 6.37. The molecule has 0 saturated carbocycles. The quantitative estimate of drug-likeness (QED) is 0.926. The van der Waals surface area contributed by atoms with E-state index < -0.39 is 10.0 Å². The van der Waals surface area contributed by atoms with Crippen molar-refractivity contribution in [2.24, 2.45) is 0 Å². The van der Waals surface area contributed by atoms with Crippen LogP contribution in [0.5, 0.6) is 0 Å². The van der Waals surface area contributed by atoms with Gasteiger partial charge in [-0.25, -0.2) is 12.7 Å². The van der Waals surface area contributed by atoms with Crippen LogP contribution in [0, 0.1) is 0 Å². The maximum absolute atomic E-state index is 12.3. The van der Waals surface area contributed by atoms with E-state index in [0.29, 0.717) is 16.6 Å². The molecule has 4 nitrogen and oxygen atoms in total. The Kier molecular flexibility index (Phi) is 4.76. The van der Waals surface area contributed by atoms with Crippen molar-refractivity contribution in [3.05, 3.63) is 24.3 Å². The second kappa shape index (κ2) is 6.15. The van der Waals surface area contributed by atoms with Gasteiger partial charge in [-0.2, -0.15) is 11.8 Å². The summed E-state index contributed by atoms with van der Waals surface area (Å²) < 4.78 is 25.8. The Morgan fingerprint density at radius 1 is 1.21 bits per heavy atom. The van der Waals surface area contributed by atoms with E-state index in [1.807, 2.05) is 23.9 Å². The van der Waals surface area contributed by atoms with Crippen LogP contribution >= 0.6 is 11.8 Å². The van der Waals surface area contributed by atoms with Crippen molar-refractivity contribution in [3.63, 3.8) is 0 Å². The highest BCUT2D eigenvalue weighted by Crippen LogP contribution is 2.27. The molecule has 1 aliphatic heterocycles. The number of thioether (sulfide) groups is 1. The van der Waals surface area contributed by atoms with E-state index in [-0.39, 0.29) is 0 Å². The van der Waals surface area contributed by atoms with Crippen LogP contribution in [0.25, 0.3) is 0 Å². The van der Waals surface area contributed by atoms with Crippen molar-refractivity contribution in [2.75, 3.05) is 30.9 Å². The van der Waals surface area contributed by atoms with Crippen LogP contribution in [0.2, 0.25) is 0 Å². The molecular weight excluding hydrogens is 280 g/mol. The molecule has 0 amide bonds. The van der Waals surface area contributed by atoms with Gasteiger partial charge < -0.3 is 5.32 Å². The van der Waals surface area contributed by atoms with Gasteiger partial charge in [0.2, 0.25) is 10.0 Å². The number of nitrogens with one attached hydrogen (secondary N) is 1. The van der Waals surface area contributed by atoms with Crippen LogP contribution in [-0.4, -0.2) is 44.4 Å². The maximum atomic E-state index is 12.3. The fourth-order valence-corrected chi connectivity index (χ4v) is 4.22. The maximum Gasteiger partial charge on any atom is 0.244 e. The zero-order valence-corrected chi connectivity index (χ0v) is 12.9. The first-order valence-corrected chi connectivity index (χ1v) is 8.97. The molecule has 1 heterocycles. The molecule has 0 aliphatic carbocycles. The number of rotatable bonds is 4. The summed E-state index contributed by atoms with van der Waals surface area (Å²) in [5.41, 5.74) is 0.716. The lowest BCUT2D eigenvalue weighted by Crippen LogP contribution is -2.27. The number of benzene rings is 1. The minimum absolute atomic E-state index is 0.359. The fourth-order valence-electron chi connectivity index (χ4n) is 2.07. The molecule has 1 N–H and O–H groups in total. The summed E-state index contributed by atoms with van der Waals surface area (Å²) in [6.45, 7) is 0. The van der Waals surface area contributed by atoms with E-state index in [2.05, 4.69) is 5.32 Å². The molecule has 2 rings (SSSR count). The van der Waals surface area contributed by atoms with E-state index >= 15 is 0 Å². The first kappa shape index (κ1) is 14.7. The Bertz CT molecular complexity index is 523. The standard InChI is InChI=1S/C13H20N2O2S2/c1-15(2)19(16,17)13-6-4-3-5-12(13)14-11-7-9-18-10-8-11/h3-6,11,14H,7-10H2,1-2H3. The van der Waals surface area contributed by atoms with Gasteiger partial charge in [-0.1, -0.05) is 12.1 Å². The van der Waals surface area contributed by atoms with E-state index in [4.69, 9.17) is 0 Å². The summed E-state index contributed by atoms with van der Waals surface area (Å²) in [4.78, 5) is 0.359. The third-order valence-corrected chi connectivity index (χ3v) is 6.15. The summed E-state index contributed by atoms with van der Waals surface area (Å²) in [6, 6.07) is 7.51. The van der Waals surface area contributed by atoms with E-state index in [0.717, 1.165) is 24.3 Å². The smallest absolute Gasteiger partial charge is 0.244 e. The van der Waals surface area contributed by atoms with Crippen LogP contribution in [0.4, 0.5) is 5.69 Å². The zero-order valence-electron chi connectivity index (χ0n) is 11.3. The van der Waals surface area contributed by atoms with Crippen molar-refractivity contribution >= 4 is 27.5 Å². The Labute approximate surface area is 119 Å². The molecule has 6 heteroatoms. The van der Waals surface area contributed by atoms with Gasteiger partial charge in [-0.05, 0) is 36.5 Å². The Morgan fingerprint density at radius 3 is 2.47 bits per heavy atom. The SMILES string of the molecule is CN(C)S(=O)(=O)c1ccccc1NC1CCSCC1. The normalized spacial score (nSPS) is 17.6. The van der Waals surface area contributed by atoms with Gasteiger partial charge in [0.15, 0.2) is 0 Å². The van der Waals surface area contributed by atoms with Crippen LogP contribution in [-0.2, 0) is 10.0 Å². The number of anilines is 1. The second-order valence-electron chi connectivity index (χ2n) is 4.81. The second-order valence-corrected chi connectivity index (χ2v) is 8.16. The average Bonchev–Trinajstić information content (AvgIpc) is 2.40. The molecule has 1 saturated heterocycles. The molecule has 0 spiro atoms. The van der Waals surface area contributed by atoms with Crippen molar-refractivity contribution in [2.45, 2.75) is 23.8 Å². The molecule has 1 aromatic carbocycles. The molecule has 0 radical (unpaired) electrons. The zero-order chi connectivity index (χ0) is 13.9. The van der Waals surface area contributed by atoms with Crippen LogP contribution in [0.15, 0.2) is 29.2 Å². The van der Waals surface area contributed by atoms with Gasteiger partial charge >= 0.3 is 0 Å². The number of hydrogen-bond donors (Lipinski definition) is 1. The minimum Gasteiger partial charge on any atom is -0.381 e. The molecule has 19 heavy (non-hydrogen) atoms. The lowest BCUT2D eigenvalue weighted by Gasteiger charge is -2.25. The van der Waals surface area contributed by atoms with Crippen LogP contribution < -0.4 is 5.32 Å². The minimum atomic E-state index is -3.39. The van der Waals surface area contributed by atoms with E-state index in [9.17, 15) is 8.42 Å². The van der Waals surface area contributed by atoms with Gasteiger partial charge in [-0.15, -0.1) is 0 Å². The summed E-state index contributed by atoms with van der Waals surface area (Å²) in [5, 5.41) is 3.39. The highest BCUT2D eigenvalue weighted by molar-refractivity contribution is 7.99. The molecule has 0 bridgehead atoms. The highest BCUT2D eigenvalue weighted by atomic mass is 32.2. The molecule has 1 aliphatic rings. The lowest BCUT2D eigenvalue weighted by atomic mass is 10.1. The summed E-state index contributed by atoms with van der Waals surface area (Å²) >= 11 is 1.96. The highest BCUT2D eigenvalue weighted by Gasteiger charge is 2.22. The summed E-state index contributed by atoms with van der Waals surface area (Å²) in [6.07, 6.45) is 2.17. The largest absolute Gasteiger partial charge is 0.381 e.